The van der Waals surface area contributed by atoms with Gasteiger partial charge in [-0.15, -0.1) is 0 Å². The van der Waals surface area contributed by atoms with Gasteiger partial charge in [0, 0.05) is 25.2 Å². The van der Waals surface area contributed by atoms with Crippen molar-refractivity contribution in [2.24, 2.45) is 0 Å². The van der Waals surface area contributed by atoms with Crippen LogP contribution in [-0.2, 0) is 10.0 Å². The maximum absolute atomic E-state index is 13.6. The first-order valence-corrected chi connectivity index (χ1v) is 8.37. The van der Waals surface area contributed by atoms with E-state index >= 15 is 0 Å². The van der Waals surface area contributed by atoms with E-state index in [1.54, 1.807) is 0 Å². The van der Waals surface area contributed by atoms with E-state index in [4.69, 9.17) is 0 Å². The first-order chi connectivity index (χ1) is 9.76. The summed E-state index contributed by atoms with van der Waals surface area (Å²) >= 11 is 0. The third kappa shape index (κ3) is 4.21. The fourth-order valence-electron chi connectivity index (χ4n) is 2.39. The van der Waals surface area contributed by atoms with Crippen LogP contribution in [0, 0.1) is 11.6 Å². The van der Waals surface area contributed by atoms with Crippen molar-refractivity contribution in [2.45, 2.75) is 18.9 Å². The minimum Gasteiger partial charge on any atom is -0.337 e. The van der Waals surface area contributed by atoms with Gasteiger partial charge in [-0.2, -0.15) is 0 Å². The molecule has 0 spiro atoms. The molecule has 5 nitrogen and oxygen atoms in total. The van der Waals surface area contributed by atoms with Crippen LogP contribution >= 0.6 is 0 Å². The number of halogens is 2. The van der Waals surface area contributed by atoms with Crippen LogP contribution in [-0.4, -0.2) is 44.6 Å². The highest BCUT2D eigenvalue weighted by molar-refractivity contribution is 7.88. The van der Waals surface area contributed by atoms with Crippen LogP contribution < -0.4 is 4.72 Å². The average molecular weight is 318 g/mol. The number of rotatable bonds is 3. The first-order valence-electron chi connectivity index (χ1n) is 6.48. The van der Waals surface area contributed by atoms with Crippen molar-refractivity contribution in [1.29, 1.82) is 0 Å². The zero-order valence-corrected chi connectivity index (χ0v) is 12.3. The molecule has 1 atom stereocenters. The molecule has 0 aromatic heterocycles. The Balaban J connectivity index is 2.12. The van der Waals surface area contributed by atoms with E-state index in [1.807, 2.05) is 0 Å². The number of likely N-dealkylation sites (tertiary alicyclic amines) is 1. The summed E-state index contributed by atoms with van der Waals surface area (Å²) in [6.45, 7) is 0.584. The van der Waals surface area contributed by atoms with Crippen LogP contribution in [0.4, 0.5) is 8.78 Å². The van der Waals surface area contributed by atoms with Crippen molar-refractivity contribution in [3.63, 3.8) is 0 Å². The smallest absolute Gasteiger partial charge is 0.256 e. The molecule has 1 amide bonds. The fraction of sp³-hybridized carbons (Fsp3) is 0.462. The van der Waals surface area contributed by atoms with Crippen LogP contribution in [0.15, 0.2) is 18.2 Å². The van der Waals surface area contributed by atoms with E-state index in [0.717, 1.165) is 18.4 Å². The van der Waals surface area contributed by atoms with Gasteiger partial charge >= 0.3 is 0 Å². The molecule has 0 unspecified atom stereocenters. The predicted octanol–water partition coefficient (Wildman–Crippen LogP) is 1.12. The van der Waals surface area contributed by atoms with Gasteiger partial charge in [-0.3, -0.25) is 4.79 Å². The van der Waals surface area contributed by atoms with Gasteiger partial charge in [-0.05, 0) is 25.0 Å². The van der Waals surface area contributed by atoms with Crippen molar-refractivity contribution in [3.8, 4) is 0 Å². The molecule has 116 valence electrons. The molecule has 1 aromatic carbocycles. The Morgan fingerprint density at radius 3 is 2.71 bits per heavy atom. The van der Waals surface area contributed by atoms with Crippen LogP contribution in [0.5, 0.6) is 0 Å². The second kappa shape index (κ2) is 6.07. The lowest BCUT2D eigenvalue weighted by atomic mass is 10.1. The average Bonchev–Trinajstić information content (AvgIpc) is 2.36. The van der Waals surface area contributed by atoms with Gasteiger partial charge in [0.25, 0.3) is 5.91 Å². The van der Waals surface area contributed by atoms with Crippen LogP contribution in [0.25, 0.3) is 0 Å². The second-order valence-corrected chi connectivity index (χ2v) is 6.88. The fourth-order valence-corrected chi connectivity index (χ4v) is 3.19. The lowest BCUT2D eigenvalue weighted by Crippen LogP contribution is -2.49. The Bertz CT molecular complexity index is 649. The summed E-state index contributed by atoms with van der Waals surface area (Å²) in [6.07, 6.45) is 2.28. The Morgan fingerprint density at radius 1 is 1.38 bits per heavy atom. The normalized spacial score (nSPS) is 19.6. The highest BCUT2D eigenvalue weighted by atomic mass is 32.2. The van der Waals surface area contributed by atoms with E-state index in [2.05, 4.69) is 4.72 Å². The zero-order chi connectivity index (χ0) is 15.6. The van der Waals surface area contributed by atoms with Gasteiger partial charge in [-0.25, -0.2) is 21.9 Å². The first kappa shape index (κ1) is 15.8. The molecule has 1 heterocycles. The zero-order valence-electron chi connectivity index (χ0n) is 11.5. The molecular formula is C13H16F2N2O3S. The van der Waals surface area contributed by atoms with E-state index < -0.39 is 27.6 Å². The summed E-state index contributed by atoms with van der Waals surface area (Å²) < 4.78 is 51.4. The van der Waals surface area contributed by atoms with Crippen molar-refractivity contribution in [1.82, 2.24) is 9.62 Å². The molecule has 1 aliphatic rings. The lowest BCUT2D eigenvalue weighted by molar-refractivity contribution is 0.0698. The number of benzene rings is 1. The van der Waals surface area contributed by atoms with Crippen molar-refractivity contribution < 1.29 is 22.0 Å². The topological polar surface area (TPSA) is 66.5 Å². The summed E-state index contributed by atoms with van der Waals surface area (Å²) in [6, 6.07) is 2.39. The SMILES string of the molecule is CS(=O)(=O)N[C@H]1CCCN(C(=O)c2ccc(F)cc2F)C1. The monoisotopic (exact) mass is 318 g/mol. The minimum atomic E-state index is -3.36. The largest absolute Gasteiger partial charge is 0.337 e. The second-order valence-electron chi connectivity index (χ2n) is 5.10. The Morgan fingerprint density at radius 2 is 2.10 bits per heavy atom. The summed E-state index contributed by atoms with van der Waals surface area (Å²) in [5.41, 5.74) is -0.212. The third-order valence-electron chi connectivity index (χ3n) is 3.25. The van der Waals surface area contributed by atoms with E-state index in [9.17, 15) is 22.0 Å². The van der Waals surface area contributed by atoms with Gasteiger partial charge in [0.05, 0.1) is 11.8 Å². The molecule has 21 heavy (non-hydrogen) atoms. The quantitative estimate of drug-likeness (QED) is 0.908. The molecule has 1 N–H and O–H groups in total. The molecule has 1 aromatic rings. The number of carbonyl (C=O) groups excluding carboxylic acids is 1. The third-order valence-corrected chi connectivity index (χ3v) is 4.01. The number of nitrogens with one attached hydrogen (secondary N) is 1. The van der Waals surface area contributed by atoms with Crippen molar-refractivity contribution in [2.75, 3.05) is 19.3 Å². The van der Waals surface area contributed by atoms with E-state index in [0.29, 0.717) is 25.5 Å². The number of piperidine rings is 1. The molecule has 1 fully saturated rings. The van der Waals surface area contributed by atoms with Gasteiger partial charge in [0.1, 0.15) is 11.6 Å². The standard InChI is InChI=1S/C13H16F2N2O3S/c1-21(19,20)16-10-3-2-6-17(8-10)13(18)11-5-4-9(14)7-12(11)15/h4-5,7,10,16H,2-3,6,8H2,1H3/t10-/m0/s1. The molecule has 1 saturated heterocycles. The summed E-state index contributed by atoms with van der Waals surface area (Å²) in [4.78, 5) is 13.6. The van der Waals surface area contributed by atoms with Crippen molar-refractivity contribution >= 4 is 15.9 Å². The Hall–Kier alpha value is -1.54. The van der Waals surface area contributed by atoms with Crippen LogP contribution in [0.3, 0.4) is 0 Å². The van der Waals surface area contributed by atoms with Crippen molar-refractivity contribution in [3.05, 3.63) is 35.4 Å². The van der Waals surface area contributed by atoms with Gasteiger partial charge in [0.2, 0.25) is 10.0 Å². The van der Waals surface area contributed by atoms with Gasteiger partial charge in [0.15, 0.2) is 0 Å². The lowest BCUT2D eigenvalue weighted by Gasteiger charge is -2.32. The molecule has 1 aliphatic heterocycles. The number of hydrogen-bond acceptors (Lipinski definition) is 3. The number of carbonyl (C=O) groups is 1. The minimum absolute atomic E-state index is 0.169. The summed E-state index contributed by atoms with van der Waals surface area (Å²) in [7, 11) is -3.36. The van der Waals surface area contributed by atoms with E-state index in [-0.39, 0.29) is 18.2 Å². The van der Waals surface area contributed by atoms with E-state index in [1.165, 1.54) is 4.90 Å². The van der Waals surface area contributed by atoms with Gasteiger partial charge < -0.3 is 4.90 Å². The highest BCUT2D eigenvalue weighted by Crippen LogP contribution is 2.17. The Kier molecular flexibility index (Phi) is 4.58. The summed E-state index contributed by atoms with van der Waals surface area (Å²) in [5, 5.41) is 0. The predicted molar refractivity (Wildman–Crippen MR) is 73.3 cm³/mol. The Labute approximate surface area is 122 Å². The maximum Gasteiger partial charge on any atom is 0.256 e. The molecular weight excluding hydrogens is 302 g/mol. The van der Waals surface area contributed by atoms with Crippen LogP contribution in [0.2, 0.25) is 0 Å². The highest BCUT2D eigenvalue weighted by Gasteiger charge is 2.27. The molecule has 2 rings (SSSR count). The molecule has 8 heteroatoms. The summed E-state index contributed by atoms with van der Waals surface area (Å²) in [5.74, 6) is -2.23. The number of hydrogen-bond donors (Lipinski definition) is 1. The molecule has 0 radical (unpaired) electrons. The number of nitrogens with zero attached hydrogens (tertiary/aromatic N) is 1. The van der Waals surface area contributed by atoms with Crippen LogP contribution in [0.1, 0.15) is 23.2 Å². The molecule has 0 aliphatic carbocycles. The van der Waals surface area contributed by atoms with Gasteiger partial charge in [-0.1, -0.05) is 0 Å². The molecule has 0 bridgehead atoms. The number of sulfonamides is 1. The molecule has 0 saturated carbocycles. The maximum atomic E-state index is 13.6. The number of amides is 1.